The third-order valence-electron chi connectivity index (χ3n) is 3.37. The van der Waals surface area contributed by atoms with Gasteiger partial charge in [-0.05, 0) is 12.5 Å². The second-order valence-corrected chi connectivity index (χ2v) is 4.39. The van der Waals surface area contributed by atoms with Gasteiger partial charge in [0.15, 0.2) is 5.88 Å². The van der Waals surface area contributed by atoms with E-state index < -0.39 is 29.6 Å². The first-order valence-corrected chi connectivity index (χ1v) is 5.43. The van der Waals surface area contributed by atoms with Gasteiger partial charge in [-0.25, -0.2) is 0 Å². The molecule has 4 atom stereocenters. The molecule has 1 fully saturated rings. The molecule has 1 aliphatic rings. The molecule has 0 saturated heterocycles. The number of nitrogens with one attached hydrogen (secondary N) is 1. The molecule has 0 radical (unpaired) electrons. The van der Waals surface area contributed by atoms with Crippen molar-refractivity contribution in [2.24, 2.45) is 5.92 Å². The molecule has 1 heterocycles. The Morgan fingerprint density at radius 3 is 2.53 bits per heavy atom. The molecule has 2 rings (SSSR count). The van der Waals surface area contributed by atoms with E-state index in [1.165, 1.54) is 12.1 Å². The first-order chi connectivity index (χ1) is 8.04. The fourth-order valence-corrected chi connectivity index (χ4v) is 2.39. The molecule has 1 aromatic rings. The highest BCUT2D eigenvalue weighted by molar-refractivity contribution is 5.31. The molecular formula is C11H15NO5. The van der Waals surface area contributed by atoms with Gasteiger partial charge in [0.05, 0.1) is 12.2 Å². The third kappa shape index (κ3) is 2.06. The van der Waals surface area contributed by atoms with Crippen LogP contribution in [0.25, 0.3) is 0 Å². The summed E-state index contributed by atoms with van der Waals surface area (Å²) in [7, 11) is 0. The van der Waals surface area contributed by atoms with Gasteiger partial charge in [0.25, 0.3) is 5.56 Å². The van der Waals surface area contributed by atoms with Crippen molar-refractivity contribution in [3.05, 3.63) is 28.0 Å². The van der Waals surface area contributed by atoms with Crippen LogP contribution in [0.3, 0.4) is 0 Å². The van der Waals surface area contributed by atoms with Crippen LogP contribution in [-0.4, -0.2) is 44.2 Å². The zero-order valence-corrected chi connectivity index (χ0v) is 9.08. The van der Waals surface area contributed by atoms with E-state index in [1.54, 1.807) is 0 Å². The Labute approximate surface area is 97.2 Å². The predicted molar refractivity (Wildman–Crippen MR) is 58.7 cm³/mol. The van der Waals surface area contributed by atoms with Crippen molar-refractivity contribution in [2.45, 2.75) is 24.5 Å². The number of hydrogen-bond acceptors (Lipinski definition) is 5. The minimum absolute atomic E-state index is 0.223. The fraction of sp³-hybridized carbons (Fsp3) is 0.545. The van der Waals surface area contributed by atoms with Crippen LogP contribution in [-0.2, 0) is 0 Å². The maximum atomic E-state index is 11.0. The smallest absolute Gasteiger partial charge is 0.250 e. The molecule has 0 spiro atoms. The molecule has 0 bridgehead atoms. The van der Waals surface area contributed by atoms with Crippen LogP contribution in [0.1, 0.15) is 17.9 Å². The number of aromatic nitrogens is 1. The first-order valence-electron chi connectivity index (χ1n) is 5.43. The number of aromatic hydroxyl groups is 1. The second kappa shape index (κ2) is 4.48. The van der Waals surface area contributed by atoms with Crippen molar-refractivity contribution < 1.29 is 20.4 Å². The van der Waals surface area contributed by atoms with E-state index in [9.17, 15) is 20.1 Å². The summed E-state index contributed by atoms with van der Waals surface area (Å²) < 4.78 is 0. The van der Waals surface area contributed by atoms with Crippen molar-refractivity contribution in [3.8, 4) is 5.88 Å². The predicted octanol–water partition coefficient (Wildman–Crippen LogP) is -1.10. The van der Waals surface area contributed by atoms with Gasteiger partial charge in [-0.2, -0.15) is 0 Å². The Morgan fingerprint density at radius 1 is 1.29 bits per heavy atom. The fourth-order valence-electron chi connectivity index (χ4n) is 2.39. The Hall–Kier alpha value is -1.37. The van der Waals surface area contributed by atoms with Gasteiger partial charge in [-0.3, -0.25) is 9.78 Å². The van der Waals surface area contributed by atoms with Crippen LogP contribution in [0.15, 0.2) is 16.9 Å². The van der Waals surface area contributed by atoms with E-state index in [2.05, 4.69) is 4.98 Å². The minimum Gasteiger partial charge on any atom is -0.494 e. The maximum Gasteiger partial charge on any atom is 0.250 e. The summed E-state index contributed by atoms with van der Waals surface area (Å²) in [5.41, 5.74) is -0.0508. The van der Waals surface area contributed by atoms with Crippen molar-refractivity contribution in [1.82, 2.24) is 4.98 Å². The molecule has 0 aromatic carbocycles. The van der Waals surface area contributed by atoms with E-state index in [1.807, 2.05) is 0 Å². The second-order valence-electron chi connectivity index (χ2n) is 4.39. The van der Waals surface area contributed by atoms with Crippen LogP contribution in [0.5, 0.6) is 5.88 Å². The Bertz CT molecular complexity index is 457. The zero-order valence-electron chi connectivity index (χ0n) is 9.08. The number of aliphatic hydroxyl groups is 3. The number of aliphatic hydroxyl groups excluding tert-OH is 3. The monoisotopic (exact) mass is 241 g/mol. The van der Waals surface area contributed by atoms with E-state index in [0.717, 1.165) is 0 Å². The minimum atomic E-state index is -1.05. The normalized spacial score (nSPS) is 32.9. The van der Waals surface area contributed by atoms with Crippen molar-refractivity contribution in [2.75, 3.05) is 6.61 Å². The lowest BCUT2D eigenvalue weighted by atomic mass is 9.96. The molecule has 1 aromatic heterocycles. The highest BCUT2D eigenvalue weighted by Gasteiger charge is 2.42. The number of rotatable bonds is 2. The van der Waals surface area contributed by atoms with Gasteiger partial charge < -0.3 is 20.4 Å². The standard InChI is InChI=1S/C11H15NO5/c13-4-5-3-7(10(16)9(5)15)6-1-2-8(14)12-11(6)17/h1-2,5,7,9-10,13,15-16H,3-4H2,(H2,12,14,17)/t5-,7+,9-,10+/m1/s1. The number of hydrogen-bond donors (Lipinski definition) is 5. The van der Waals surface area contributed by atoms with Gasteiger partial charge >= 0.3 is 0 Å². The molecule has 1 saturated carbocycles. The summed E-state index contributed by atoms with van der Waals surface area (Å²) in [6.07, 6.45) is -1.71. The summed E-state index contributed by atoms with van der Waals surface area (Å²) in [6.45, 7) is -0.223. The number of H-pyrrole nitrogens is 1. The highest BCUT2D eigenvalue weighted by atomic mass is 16.3. The summed E-state index contributed by atoms with van der Waals surface area (Å²) >= 11 is 0. The third-order valence-corrected chi connectivity index (χ3v) is 3.37. The lowest BCUT2D eigenvalue weighted by Gasteiger charge is -2.17. The van der Waals surface area contributed by atoms with Crippen molar-refractivity contribution in [1.29, 1.82) is 0 Å². The molecule has 6 nitrogen and oxygen atoms in total. The quantitative estimate of drug-likeness (QED) is 0.451. The Morgan fingerprint density at radius 2 is 2.00 bits per heavy atom. The SMILES string of the molecule is O=c1ccc([C@@H]2C[C@H](CO)[C@@H](O)[C@H]2O)c(O)[nH]1. The molecule has 0 unspecified atom stereocenters. The van der Waals surface area contributed by atoms with Crippen LogP contribution in [0.4, 0.5) is 0 Å². The molecule has 94 valence electrons. The maximum absolute atomic E-state index is 11.0. The average molecular weight is 241 g/mol. The molecule has 1 aliphatic carbocycles. The summed E-state index contributed by atoms with van der Waals surface area (Å²) in [6, 6.07) is 2.68. The van der Waals surface area contributed by atoms with Gasteiger partial charge in [-0.15, -0.1) is 0 Å². The van der Waals surface area contributed by atoms with E-state index in [4.69, 9.17) is 5.11 Å². The van der Waals surface area contributed by atoms with Crippen LogP contribution in [0.2, 0.25) is 0 Å². The lowest BCUT2D eigenvalue weighted by Crippen LogP contribution is -2.29. The molecule has 17 heavy (non-hydrogen) atoms. The van der Waals surface area contributed by atoms with E-state index in [0.29, 0.717) is 12.0 Å². The average Bonchev–Trinajstić information content (AvgIpc) is 2.57. The first kappa shape index (κ1) is 12.1. The molecule has 5 N–H and O–H groups in total. The van der Waals surface area contributed by atoms with Gasteiger partial charge in [0, 0.05) is 30.1 Å². The van der Waals surface area contributed by atoms with Crippen LogP contribution < -0.4 is 5.56 Å². The lowest BCUT2D eigenvalue weighted by molar-refractivity contribution is 0.00213. The van der Waals surface area contributed by atoms with Crippen LogP contribution in [0, 0.1) is 5.92 Å². The van der Waals surface area contributed by atoms with Gasteiger partial charge in [0.1, 0.15) is 0 Å². The Balaban J connectivity index is 2.32. The zero-order chi connectivity index (χ0) is 12.6. The molecule has 0 aliphatic heterocycles. The van der Waals surface area contributed by atoms with Crippen molar-refractivity contribution in [3.63, 3.8) is 0 Å². The summed E-state index contributed by atoms with van der Waals surface area (Å²) in [5.74, 6) is -1.20. The van der Waals surface area contributed by atoms with Gasteiger partial charge in [0.2, 0.25) is 0 Å². The Kier molecular flexibility index (Phi) is 3.19. The largest absolute Gasteiger partial charge is 0.494 e. The number of aromatic amines is 1. The topological polar surface area (TPSA) is 114 Å². The summed E-state index contributed by atoms with van der Waals surface area (Å²) in [4.78, 5) is 13.2. The van der Waals surface area contributed by atoms with E-state index >= 15 is 0 Å². The van der Waals surface area contributed by atoms with E-state index in [-0.39, 0.29) is 12.5 Å². The summed E-state index contributed by atoms with van der Waals surface area (Å²) in [5, 5.41) is 38.2. The number of pyridine rings is 1. The highest BCUT2D eigenvalue weighted by Crippen LogP contribution is 2.40. The van der Waals surface area contributed by atoms with Crippen molar-refractivity contribution >= 4 is 0 Å². The van der Waals surface area contributed by atoms with Gasteiger partial charge in [-0.1, -0.05) is 0 Å². The molecule has 0 amide bonds. The molecular weight excluding hydrogens is 226 g/mol. The molecule has 6 heteroatoms. The van der Waals surface area contributed by atoms with Crippen LogP contribution >= 0.6 is 0 Å².